The predicted octanol–water partition coefficient (Wildman–Crippen LogP) is 3.04. The van der Waals surface area contributed by atoms with Gasteiger partial charge in [0.2, 0.25) is 0 Å². The van der Waals surface area contributed by atoms with E-state index in [1.807, 2.05) is 37.3 Å². The molecule has 0 N–H and O–H groups in total. The Morgan fingerprint density at radius 1 is 1.33 bits per heavy atom. The van der Waals surface area contributed by atoms with Crippen LogP contribution in [-0.2, 0) is 4.79 Å². The van der Waals surface area contributed by atoms with Crippen LogP contribution in [0.2, 0.25) is 0 Å². The van der Waals surface area contributed by atoms with Gasteiger partial charge in [-0.25, -0.2) is 0 Å². The van der Waals surface area contributed by atoms with Crippen molar-refractivity contribution in [2.24, 2.45) is 5.92 Å². The highest BCUT2D eigenvalue weighted by molar-refractivity contribution is 5.78. The monoisotopic (exact) mass is 200 g/mol. The zero-order valence-corrected chi connectivity index (χ0v) is 9.29. The van der Waals surface area contributed by atoms with E-state index >= 15 is 0 Å². The molecule has 1 nitrogen and oxygen atoms in total. The summed E-state index contributed by atoms with van der Waals surface area (Å²) < 4.78 is 0. The Kier molecular flexibility index (Phi) is 4.63. The first-order valence-electron chi connectivity index (χ1n) is 5.28. The Morgan fingerprint density at radius 2 is 2.00 bits per heavy atom. The van der Waals surface area contributed by atoms with Crippen LogP contribution in [0.15, 0.2) is 30.3 Å². The highest BCUT2D eigenvalue weighted by Crippen LogP contribution is 2.08. The summed E-state index contributed by atoms with van der Waals surface area (Å²) in [7, 11) is 0. The van der Waals surface area contributed by atoms with E-state index in [1.54, 1.807) is 6.92 Å². The molecule has 1 rings (SSSR count). The normalized spacial score (nSPS) is 11.3. The van der Waals surface area contributed by atoms with Gasteiger partial charge in [0.15, 0.2) is 0 Å². The third-order valence-electron chi connectivity index (χ3n) is 2.42. The molecule has 0 aliphatic carbocycles. The Bertz CT molecular complexity index is 367. The average molecular weight is 200 g/mol. The van der Waals surface area contributed by atoms with Crippen molar-refractivity contribution in [3.63, 3.8) is 0 Å². The summed E-state index contributed by atoms with van der Waals surface area (Å²) >= 11 is 0. The van der Waals surface area contributed by atoms with Crippen LogP contribution in [0.5, 0.6) is 0 Å². The van der Waals surface area contributed by atoms with Crippen molar-refractivity contribution in [1.82, 2.24) is 0 Å². The van der Waals surface area contributed by atoms with E-state index in [9.17, 15) is 4.79 Å². The van der Waals surface area contributed by atoms with Crippen molar-refractivity contribution in [2.75, 3.05) is 0 Å². The second kappa shape index (κ2) is 6.03. The van der Waals surface area contributed by atoms with Gasteiger partial charge < -0.3 is 0 Å². The van der Waals surface area contributed by atoms with E-state index in [2.05, 4.69) is 11.8 Å². The van der Waals surface area contributed by atoms with Crippen molar-refractivity contribution in [3.8, 4) is 11.8 Å². The summed E-state index contributed by atoms with van der Waals surface area (Å²) in [6, 6.07) is 9.84. The van der Waals surface area contributed by atoms with Crippen LogP contribution < -0.4 is 0 Å². The molecule has 0 saturated carbocycles. The SMILES string of the molecule is CCC(CC#Cc1ccccc1)C(C)=O. The fourth-order valence-corrected chi connectivity index (χ4v) is 1.37. The summed E-state index contributed by atoms with van der Waals surface area (Å²) in [5, 5.41) is 0. The van der Waals surface area contributed by atoms with Crippen LogP contribution >= 0.6 is 0 Å². The summed E-state index contributed by atoms with van der Waals surface area (Å²) in [6.45, 7) is 3.66. The quantitative estimate of drug-likeness (QED) is 0.685. The number of carbonyl (C=O) groups excluding carboxylic acids is 1. The lowest BCUT2D eigenvalue weighted by molar-refractivity contribution is -0.120. The summed E-state index contributed by atoms with van der Waals surface area (Å²) in [4.78, 5) is 11.1. The minimum absolute atomic E-state index is 0.0983. The molecule has 1 atom stereocenters. The van der Waals surface area contributed by atoms with E-state index in [1.165, 1.54) is 0 Å². The van der Waals surface area contributed by atoms with Crippen molar-refractivity contribution in [1.29, 1.82) is 0 Å². The molecule has 1 heteroatoms. The third-order valence-corrected chi connectivity index (χ3v) is 2.42. The van der Waals surface area contributed by atoms with Crippen LogP contribution in [0.3, 0.4) is 0 Å². The van der Waals surface area contributed by atoms with E-state index < -0.39 is 0 Å². The van der Waals surface area contributed by atoms with Gasteiger partial charge in [-0.15, -0.1) is 0 Å². The van der Waals surface area contributed by atoms with E-state index in [-0.39, 0.29) is 11.7 Å². The number of rotatable bonds is 3. The number of benzene rings is 1. The number of hydrogen-bond acceptors (Lipinski definition) is 1. The zero-order chi connectivity index (χ0) is 11.1. The molecule has 78 valence electrons. The largest absolute Gasteiger partial charge is 0.300 e. The molecule has 1 aromatic carbocycles. The fraction of sp³-hybridized carbons (Fsp3) is 0.357. The van der Waals surface area contributed by atoms with Crippen molar-refractivity contribution in [2.45, 2.75) is 26.7 Å². The molecule has 1 aromatic rings. The predicted molar refractivity (Wildman–Crippen MR) is 62.4 cm³/mol. The minimum Gasteiger partial charge on any atom is -0.300 e. The zero-order valence-electron chi connectivity index (χ0n) is 9.29. The summed E-state index contributed by atoms with van der Waals surface area (Å²) in [5.74, 6) is 6.46. The molecule has 0 saturated heterocycles. The van der Waals surface area contributed by atoms with Gasteiger partial charge in [0, 0.05) is 17.9 Å². The molecule has 0 radical (unpaired) electrons. The van der Waals surface area contributed by atoms with Crippen LogP contribution in [0.4, 0.5) is 0 Å². The van der Waals surface area contributed by atoms with Crippen LogP contribution in [0.25, 0.3) is 0 Å². The van der Waals surface area contributed by atoms with Crippen molar-refractivity contribution < 1.29 is 4.79 Å². The maximum Gasteiger partial charge on any atom is 0.133 e. The highest BCUT2D eigenvalue weighted by atomic mass is 16.1. The first-order valence-corrected chi connectivity index (χ1v) is 5.28. The lowest BCUT2D eigenvalue weighted by Crippen LogP contribution is -2.08. The second-order valence-electron chi connectivity index (χ2n) is 3.59. The Morgan fingerprint density at radius 3 is 2.53 bits per heavy atom. The molecule has 0 heterocycles. The Labute approximate surface area is 91.5 Å². The lowest BCUT2D eigenvalue weighted by Gasteiger charge is -2.04. The molecule has 15 heavy (non-hydrogen) atoms. The van der Waals surface area contributed by atoms with E-state index in [0.717, 1.165) is 12.0 Å². The second-order valence-corrected chi connectivity index (χ2v) is 3.59. The standard InChI is InChI=1S/C14H16O/c1-3-14(12(2)15)11-7-10-13-8-5-4-6-9-13/h4-6,8-9,14H,3,11H2,1-2H3. The molecule has 0 aromatic heterocycles. The molecule has 1 unspecified atom stereocenters. The molecule has 0 aliphatic rings. The van der Waals surface area contributed by atoms with Gasteiger partial charge in [-0.2, -0.15) is 0 Å². The number of carbonyl (C=O) groups is 1. The molecule has 0 bridgehead atoms. The number of ketones is 1. The molecule has 0 spiro atoms. The maximum absolute atomic E-state index is 11.1. The van der Waals surface area contributed by atoms with Crippen molar-refractivity contribution in [3.05, 3.63) is 35.9 Å². The average Bonchev–Trinajstić information content (AvgIpc) is 2.25. The third kappa shape index (κ3) is 3.99. The topological polar surface area (TPSA) is 17.1 Å². The number of hydrogen-bond donors (Lipinski definition) is 0. The van der Waals surface area contributed by atoms with Gasteiger partial charge in [0.05, 0.1) is 0 Å². The van der Waals surface area contributed by atoms with Gasteiger partial charge in [0.25, 0.3) is 0 Å². The first-order chi connectivity index (χ1) is 7.24. The van der Waals surface area contributed by atoms with Crippen molar-refractivity contribution >= 4 is 5.78 Å². The van der Waals surface area contributed by atoms with Gasteiger partial charge >= 0.3 is 0 Å². The van der Waals surface area contributed by atoms with E-state index in [4.69, 9.17) is 0 Å². The molecule has 0 fully saturated rings. The van der Waals surface area contributed by atoms with Gasteiger partial charge in [0.1, 0.15) is 5.78 Å². The molecule has 0 aliphatic heterocycles. The smallest absolute Gasteiger partial charge is 0.133 e. The highest BCUT2D eigenvalue weighted by Gasteiger charge is 2.08. The van der Waals surface area contributed by atoms with Crippen LogP contribution in [0.1, 0.15) is 32.3 Å². The summed E-state index contributed by atoms with van der Waals surface area (Å²) in [5.41, 5.74) is 1.01. The minimum atomic E-state index is 0.0983. The Balaban J connectivity index is 2.56. The molecular weight excluding hydrogens is 184 g/mol. The lowest BCUT2D eigenvalue weighted by atomic mass is 9.98. The summed E-state index contributed by atoms with van der Waals surface area (Å²) in [6.07, 6.45) is 1.54. The molecule has 0 amide bonds. The number of Topliss-reactive ketones (excluding diaryl/α,β-unsaturated/α-hetero) is 1. The Hall–Kier alpha value is -1.55. The fourth-order valence-electron chi connectivity index (χ4n) is 1.37. The van der Waals surface area contributed by atoms with Crippen LogP contribution in [-0.4, -0.2) is 5.78 Å². The van der Waals surface area contributed by atoms with E-state index in [0.29, 0.717) is 6.42 Å². The first kappa shape index (κ1) is 11.5. The van der Waals surface area contributed by atoms with Gasteiger partial charge in [-0.05, 0) is 25.5 Å². The molecular formula is C14H16O. The van der Waals surface area contributed by atoms with Gasteiger partial charge in [-0.1, -0.05) is 37.0 Å². The van der Waals surface area contributed by atoms with Crippen LogP contribution in [0, 0.1) is 17.8 Å². The van der Waals surface area contributed by atoms with Gasteiger partial charge in [-0.3, -0.25) is 4.79 Å². The maximum atomic E-state index is 11.1.